The predicted molar refractivity (Wildman–Crippen MR) is 172 cm³/mol. The summed E-state index contributed by atoms with van der Waals surface area (Å²) in [6, 6.07) is 8.24. The Morgan fingerprint density at radius 1 is 1.23 bits per heavy atom. The fourth-order valence-electron chi connectivity index (χ4n) is 6.57. The first-order chi connectivity index (χ1) is 21.4. The van der Waals surface area contributed by atoms with Gasteiger partial charge < -0.3 is 24.3 Å². The van der Waals surface area contributed by atoms with Crippen molar-refractivity contribution in [3.05, 3.63) is 59.5 Å². The molecule has 0 unspecified atom stereocenters. The molecule has 1 aromatic carbocycles. The van der Waals surface area contributed by atoms with Gasteiger partial charge in [0.1, 0.15) is 12.4 Å². The second kappa shape index (κ2) is 13.4. The number of likely N-dealkylation sites (N-methyl/N-ethyl adjacent to an activating group) is 1. The minimum absolute atomic E-state index is 0.150. The Labute approximate surface area is 263 Å². The number of hydrogen-bond donors (Lipinski definition) is 0. The van der Waals surface area contributed by atoms with Crippen LogP contribution in [0.3, 0.4) is 0 Å². The molecule has 1 aliphatic carbocycles. The van der Waals surface area contributed by atoms with Crippen LogP contribution in [0.2, 0.25) is 5.02 Å². The van der Waals surface area contributed by atoms with Gasteiger partial charge >= 0.3 is 6.01 Å². The van der Waals surface area contributed by atoms with Gasteiger partial charge in [0.15, 0.2) is 0 Å². The SMILES string of the molecule is C=CC(=O)N1CCN(c2nc(OCCN(C)CC3CCC3)nc3c2CCN(c2cncc4cccc(Cl)c24)C3)C[C@@H]1CC#N. The number of amides is 1. The summed E-state index contributed by atoms with van der Waals surface area (Å²) in [5, 5.41) is 12.2. The second-order valence-electron chi connectivity index (χ2n) is 12.0. The van der Waals surface area contributed by atoms with E-state index in [0.29, 0.717) is 43.8 Å². The Morgan fingerprint density at radius 3 is 2.86 bits per heavy atom. The minimum Gasteiger partial charge on any atom is -0.462 e. The largest absolute Gasteiger partial charge is 0.462 e. The highest BCUT2D eigenvalue weighted by Gasteiger charge is 2.33. The van der Waals surface area contributed by atoms with E-state index in [1.807, 2.05) is 30.6 Å². The van der Waals surface area contributed by atoms with E-state index in [2.05, 4.69) is 39.4 Å². The number of piperazine rings is 1. The van der Waals surface area contributed by atoms with E-state index in [4.69, 9.17) is 26.3 Å². The lowest BCUT2D eigenvalue weighted by molar-refractivity contribution is -0.128. The van der Waals surface area contributed by atoms with Crippen molar-refractivity contribution in [2.24, 2.45) is 5.92 Å². The van der Waals surface area contributed by atoms with Crippen LogP contribution in [0, 0.1) is 17.2 Å². The smallest absolute Gasteiger partial charge is 0.318 e. The monoisotopic (exact) mass is 614 g/mol. The molecular formula is C33H39ClN8O2. The summed E-state index contributed by atoms with van der Waals surface area (Å²) < 4.78 is 6.22. The van der Waals surface area contributed by atoms with Gasteiger partial charge in [-0.15, -0.1) is 0 Å². The molecule has 3 aromatic rings. The van der Waals surface area contributed by atoms with Gasteiger partial charge in [-0.25, -0.2) is 0 Å². The molecule has 4 heterocycles. The molecule has 3 aliphatic rings. The van der Waals surface area contributed by atoms with Crippen molar-refractivity contribution in [2.75, 3.05) is 62.7 Å². The van der Waals surface area contributed by atoms with Gasteiger partial charge in [0, 0.05) is 61.8 Å². The maximum atomic E-state index is 12.5. The van der Waals surface area contributed by atoms with Crippen LogP contribution >= 0.6 is 11.6 Å². The molecule has 1 amide bonds. The lowest BCUT2D eigenvalue weighted by Gasteiger charge is -2.42. The number of ether oxygens (including phenoxy) is 1. The van der Waals surface area contributed by atoms with Gasteiger partial charge in [0.2, 0.25) is 5.91 Å². The van der Waals surface area contributed by atoms with Crippen LogP contribution in [0.15, 0.2) is 43.2 Å². The van der Waals surface area contributed by atoms with Crippen LogP contribution < -0.4 is 14.5 Å². The van der Waals surface area contributed by atoms with E-state index in [0.717, 1.165) is 65.5 Å². The average molecular weight is 615 g/mol. The standard InChI is InChI=1S/C33H39ClN8O2/c1-3-30(43)42-15-14-41(21-25(42)10-12-35)32-26-11-13-40(29-19-36-18-24-8-5-9-27(34)31(24)29)22-28(26)37-33(38-32)44-17-16-39(2)20-23-6-4-7-23/h3,5,8-9,18-19,23,25H,1,4,6-7,10-11,13-17,20-22H2,2H3/t25-/m0/s1. The van der Waals surface area contributed by atoms with Crippen molar-refractivity contribution in [3.63, 3.8) is 0 Å². The zero-order chi connectivity index (χ0) is 30.6. The number of hydrogen-bond acceptors (Lipinski definition) is 9. The van der Waals surface area contributed by atoms with Gasteiger partial charge in [-0.3, -0.25) is 9.78 Å². The summed E-state index contributed by atoms with van der Waals surface area (Å²) in [4.78, 5) is 35.5. The first-order valence-corrected chi connectivity index (χ1v) is 15.9. The molecule has 2 aromatic heterocycles. The summed E-state index contributed by atoms with van der Waals surface area (Å²) >= 11 is 6.68. The third-order valence-corrected chi connectivity index (χ3v) is 9.46. The van der Waals surface area contributed by atoms with Crippen LogP contribution in [0.1, 0.15) is 36.9 Å². The summed E-state index contributed by atoms with van der Waals surface area (Å²) in [6.45, 7) is 8.93. The maximum absolute atomic E-state index is 12.5. The number of pyridine rings is 1. The molecule has 6 rings (SSSR count). The average Bonchev–Trinajstić information content (AvgIpc) is 3.02. The second-order valence-corrected chi connectivity index (χ2v) is 12.4. The maximum Gasteiger partial charge on any atom is 0.318 e. The fourth-order valence-corrected chi connectivity index (χ4v) is 6.85. The van der Waals surface area contributed by atoms with E-state index in [9.17, 15) is 10.1 Å². The van der Waals surface area contributed by atoms with Crippen molar-refractivity contribution >= 4 is 39.8 Å². The first kappa shape index (κ1) is 30.1. The molecule has 1 atom stereocenters. The molecular weight excluding hydrogens is 576 g/mol. The van der Waals surface area contributed by atoms with Crippen molar-refractivity contribution in [2.45, 2.75) is 44.7 Å². The first-order valence-electron chi connectivity index (χ1n) is 15.5. The lowest BCUT2D eigenvalue weighted by Crippen LogP contribution is -2.55. The van der Waals surface area contributed by atoms with Crippen LogP contribution in [-0.4, -0.2) is 89.6 Å². The van der Waals surface area contributed by atoms with Crippen LogP contribution in [0.5, 0.6) is 6.01 Å². The number of fused-ring (bicyclic) bond motifs is 2. The van der Waals surface area contributed by atoms with Crippen LogP contribution in [0.4, 0.5) is 11.5 Å². The van der Waals surface area contributed by atoms with Gasteiger partial charge in [0.25, 0.3) is 0 Å². The third-order valence-electron chi connectivity index (χ3n) is 9.14. The number of rotatable bonds is 10. The molecule has 44 heavy (non-hydrogen) atoms. The number of carbonyl (C=O) groups is 1. The van der Waals surface area contributed by atoms with Gasteiger partial charge in [-0.1, -0.05) is 36.7 Å². The highest BCUT2D eigenvalue weighted by Crippen LogP contribution is 2.37. The highest BCUT2D eigenvalue weighted by molar-refractivity contribution is 6.36. The Kier molecular flexibility index (Phi) is 9.14. The van der Waals surface area contributed by atoms with E-state index < -0.39 is 0 Å². The molecule has 2 fully saturated rings. The van der Waals surface area contributed by atoms with E-state index in [-0.39, 0.29) is 18.4 Å². The van der Waals surface area contributed by atoms with Gasteiger partial charge in [-0.05, 0) is 44.4 Å². The lowest BCUT2D eigenvalue weighted by atomic mass is 9.85. The van der Waals surface area contributed by atoms with E-state index in [1.54, 1.807) is 4.90 Å². The van der Waals surface area contributed by atoms with Crippen molar-refractivity contribution < 1.29 is 9.53 Å². The normalized spacial score (nSPS) is 18.6. The molecule has 2 aliphatic heterocycles. The number of carbonyl (C=O) groups excluding carboxylic acids is 1. The quantitative estimate of drug-likeness (QED) is 0.306. The Balaban J connectivity index is 1.28. The predicted octanol–water partition coefficient (Wildman–Crippen LogP) is 4.47. The van der Waals surface area contributed by atoms with Crippen LogP contribution in [0.25, 0.3) is 10.8 Å². The number of nitrogens with zero attached hydrogens (tertiary/aromatic N) is 8. The van der Waals surface area contributed by atoms with Crippen molar-refractivity contribution in [3.8, 4) is 12.1 Å². The minimum atomic E-state index is -0.252. The Morgan fingerprint density at radius 2 is 2.09 bits per heavy atom. The molecule has 1 saturated heterocycles. The molecule has 0 spiro atoms. The Bertz CT molecular complexity index is 1570. The number of benzene rings is 1. The number of anilines is 2. The molecule has 11 heteroatoms. The summed E-state index contributed by atoms with van der Waals surface area (Å²) in [5.41, 5.74) is 2.96. The van der Waals surface area contributed by atoms with E-state index >= 15 is 0 Å². The topological polar surface area (TPSA) is 102 Å². The third kappa shape index (κ3) is 6.30. The molecule has 1 saturated carbocycles. The zero-order valence-corrected chi connectivity index (χ0v) is 26.0. The van der Waals surface area contributed by atoms with Gasteiger partial charge in [-0.2, -0.15) is 15.2 Å². The van der Waals surface area contributed by atoms with E-state index in [1.165, 1.54) is 25.3 Å². The molecule has 0 N–H and O–H groups in total. The number of halogens is 1. The van der Waals surface area contributed by atoms with Crippen molar-refractivity contribution in [1.29, 1.82) is 5.26 Å². The number of aromatic nitrogens is 3. The molecule has 0 bridgehead atoms. The molecule has 0 radical (unpaired) electrons. The molecule has 230 valence electrons. The Hall–Kier alpha value is -3.94. The fraction of sp³-hybridized carbons (Fsp3) is 0.485. The number of nitriles is 1. The summed E-state index contributed by atoms with van der Waals surface area (Å²) in [7, 11) is 2.14. The highest BCUT2D eigenvalue weighted by atomic mass is 35.5. The van der Waals surface area contributed by atoms with Gasteiger partial charge in [0.05, 0.1) is 47.7 Å². The zero-order valence-electron chi connectivity index (χ0n) is 25.3. The summed E-state index contributed by atoms with van der Waals surface area (Å²) in [5.74, 6) is 1.47. The van der Waals surface area contributed by atoms with Crippen molar-refractivity contribution in [1.82, 2.24) is 24.8 Å². The van der Waals surface area contributed by atoms with Crippen LogP contribution in [-0.2, 0) is 17.8 Å². The molecule has 10 nitrogen and oxygen atoms in total. The summed E-state index contributed by atoms with van der Waals surface area (Å²) in [6.07, 6.45) is 9.97.